The normalized spacial score (nSPS) is 12.8. The Labute approximate surface area is 85.6 Å². The largest absolute Gasteiger partial charge is 0.454 e. The molecular formula is C10H8N2O3. The van der Waals surface area contributed by atoms with Crippen LogP contribution in [-0.2, 0) is 0 Å². The zero-order valence-corrected chi connectivity index (χ0v) is 7.77. The fourth-order valence-electron chi connectivity index (χ4n) is 1.37. The first-order chi connectivity index (χ1) is 7.42. The zero-order chi connectivity index (χ0) is 10.1. The van der Waals surface area contributed by atoms with E-state index in [0.717, 1.165) is 5.75 Å². The zero-order valence-electron chi connectivity index (χ0n) is 7.77. The second kappa shape index (κ2) is 3.20. The second-order valence-electron chi connectivity index (χ2n) is 3.05. The molecular weight excluding hydrogens is 196 g/mol. The van der Waals surface area contributed by atoms with Crippen molar-refractivity contribution in [1.82, 2.24) is 10.2 Å². The third-order valence-electron chi connectivity index (χ3n) is 2.05. The summed E-state index contributed by atoms with van der Waals surface area (Å²) in [6, 6.07) is 5.42. The molecule has 0 saturated heterocycles. The molecule has 76 valence electrons. The van der Waals surface area contributed by atoms with E-state index in [1.807, 2.05) is 12.1 Å². The molecule has 1 aliphatic heterocycles. The third-order valence-corrected chi connectivity index (χ3v) is 2.05. The number of aromatic nitrogens is 2. The van der Waals surface area contributed by atoms with Gasteiger partial charge in [0.15, 0.2) is 17.2 Å². The topological polar surface area (TPSA) is 56.4 Å². The Morgan fingerprint density at radius 1 is 1.20 bits per heavy atom. The van der Waals surface area contributed by atoms with E-state index >= 15 is 0 Å². The molecule has 0 radical (unpaired) electrons. The summed E-state index contributed by atoms with van der Waals surface area (Å²) >= 11 is 0. The first-order valence-electron chi connectivity index (χ1n) is 4.48. The molecule has 0 saturated carbocycles. The van der Waals surface area contributed by atoms with Crippen LogP contribution in [-0.4, -0.2) is 17.0 Å². The van der Waals surface area contributed by atoms with Gasteiger partial charge in [-0.25, -0.2) is 0 Å². The van der Waals surface area contributed by atoms with Crippen molar-refractivity contribution in [2.45, 2.75) is 0 Å². The van der Waals surface area contributed by atoms with Gasteiger partial charge in [-0.2, -0.15) is 5.10 Å². The van der Waals surface area contributed by atoms with Gasteiger partial charge in [-0.05, 0) is 12.1 Å². The van der Waals surface area contributed by atoms with Crippen molar-refractivity contribution in [3.63, 3.8) is 0 Å². The van der Waals surface area contributed by atoms with Gasteiger partial charge in [0.1, 0.15) is 5.75 Å². The van der Waals surface area contributed by atoms with Crippen molar-refractivity contribution in [1.29, 1.82) is 0 Å². The lowest BCUT2D eigenvalue weighted by Gasteiger charge is -2.03. The Morgan fingerprint density at radius 2 is 2.13 bits per heavy atom. The molecule has 3 rings (SSSR count). The Hall–Kier alpha value is -2.17. The minimum atomic E-state index is 0.268. The highest BCUT2D eigenvalue weighted by Crippen LogP contribution is 2.36. The first-order valence-corrected chi connectivity index (χ1v) is 4.48. The molecule has 0 atom stereocenters. The number of aromatic amines is 1. The summed E-state index contributed by atoms with van der Waals surface area (Å²) in [5.41, 5.74) is 0. The van der Waals surface area contributed by atoms with Crippen LogP contribution >= 0.6 is 0 Å². The molecule has 15 heavy (non-hydrogen) atoms. The number of benzene rings is 1. The van der Waals surface area contributed by atoms with Gasteiger partial charge in [-0.15, -0.1) is 0 Å². The van der Waals surface area contributed by atoms with E-state index < -0.39 is 0 Å². The first kappa shape index (κ1) is 8.16. The highest BCUT2D eigenvalue weighted by atomic mass is 16.7. The average Bonchev–Trinajstić information content (AvgIpc) is 2.87. The summed E-state index contributed by atoms with van der Waals surface area (Å²) in [4.78, 5) is 0. The van der Waals surface area contributed by atoms with Crippen molar-refractivity contribution in [2.24, 2.45) is 0 Å². The van der Waals surface area contributed by atoms with Crippen molar-refractivity contribution >= 4 is 0 Å². The van der Waals surface area contributed by atoms with E-state index in [1.165, 1.54) is 0 Å². The molecule has 1 aliphatic rings. The molecule has 5 heteroatoms. The SMILES string of the molecule is c1cc2c(cc1Oc1cn[nH]c1)OCO2. The van der Waals surface area contributed by atoms with E-state index in [9.17, 15) is 0 Å². The molecule has 0 unspecified atom stereocenters. The Bertz CT molecular complexity index is 468. The van der Waals surface area contributed by atoms with Gasteiger partial charge in [-0.3, -0.25) is 5.10 Å². The van der Waals surface area contributed by atoms with Gasteiger partial charge in [0.2, 0.25) is 6.79 Å². The lowest BCUT2D eigenvalue weighted by molar-refractivity contribution is 0.174. The molecule has 0 spiro atoms. The van der Waals surface area contributed by atoms with Crippen LogP contribution in [0.4, 0.5) is 0 Å². The number of nitrogens with one attached hydrogen (secondary N) is 1. The molecule has 1 N–H and O–H groups in total. The number of H-pyrrole nitrogens is 1. The maximum absolute atomic E-state index is 5.51. The lowest BCUT2D eigenvalue weighted by atomic mass is 10.3. The monoisotopic (exact) mass is 204 g/mol. The molecule has 0 aliphatic carbocycles. The molecule has 1 aromatic heterocycles. The minimum Gasteiger partial charge on any atom is -0.454 e. The van der Waals surface area contributed by atoms with Gasteiger partial charge < -0.3 is 14.2 Å². The van der Waals surface area contributed by atoms with Gasteiger partial charge in [0.05, 0.1) is 12.4 Å². The summed E-state index contributed by atoms with van der Waals surface area (Å²) in [7, 11) is 0. The van der Waals surface area contributed by atoms with Crippen molar-refractivity contribution in [3.05, 3.63) is 30.6 Å². The van der Waals surface area contributed by atoms with Gasteiger partial charge in [-0.1, -0.05) is 0 Å². The van der Waals surface area contributed by atoms with Crippen LogP contribution in [0, 0.1) is 0 Å². The molecule has 1 aromatic carbocycles. The fraction of sp³-hybridized carbons (Fsp3) is 0.100. The maximum Gasteiger partial charge on any atom is 0.231 e. The summed E-state index contributed by atoms with van der Waals surface area (Å²) in [6.07, 6.45) is 3.27. The quantitative estimate of drug-likeness (QED) is 0.812. The minimum absolute atomic E-state index is 0.268. The molecule has 2 heterocycles. The summed E-state index contributed by atoms with van der Waals surface area (Å²) in [5, 5.41) is 6.46. The van der Waals surface area contributed by atoms with E-state index in [1.54, 1.807) is 18.5 Å². The van der Waals surface area contributed by atoms with Crippen LogP contribution in [0.5, 0.6) is 23.0 Å². The lowest BCUT2D eigenvalue weighted by Crippen LogP contribution is -1.92. The van der Waals surface area contributed by atoms with E-state index in [-0.39, 0.29) is 6.79 Å². The maximum atomic E-state index is 5.51. The Balaban J connectivity index is 1.87. The van der Waals surface area contributed by atoms with Crippen LogP contribution in [0.3, 0.4) is 0 Å². The Morgan fingerprint density at radius 3 is 3.00 bits per heavy atom. The molecule has 0 amide bonds. The van der Waals surface area contributed by atoms with Crippen LogP contribution in [0.15, 0.2) is 30.6 Å². The number of ether oxygens (including phenoxy) is 3. The second-order valence-corrected chi connectivity index (χ2v) is 3.05. The van der Waals surface area contributed by atoms with Crippen molar-refractivity contribution in [3.8, 4) is 23.0 Å². The molecule has 5 nitrogen and oxygen atoms in total. The predicted molar refractivity (Wildman–Crippen MR) is 51.2 cm³/mol. The smallest absolute Gasteiger partial charge is 0.231 e. The molecule has 2 aromatic rings. The average molecular weight is 204 g/mol. The van der Waals surface area contributed by atoms with Crippen LogP contribution in [0.2, 0.25) is 0 Å². The highest BCUT2D eigenvalue weighted by Gasteiger charge is 2.13. The Kier molecular flexibility index (Phi) is 1.74. The number of rotatable bonds is 2. The molecule has 0 fully saturated rings. The van der Waals surface area contributed by atoms with Crippen molar-refractivity contribution in [2.75, 3.05) is 6.79 Å². The fourth-order valence-corrected chi connectivity index (χ4v) is 1.37. The van der Waals surface area contributed by atoms with Crippen LogP contribution in [0.25, 0.3) is 0 Å². The number of nitrogens with zero attached hydrogens (tertiary/aromatic N) is 1. The highest BCUT2D eigenvalue weighted by molar-refractivity contribution is 5.47. The summed E-state index contributed by atoms with van der Waals surface area (Å²) in [6.45, 7) is 0.268. The summed E-state index contributed by atoms with van der Waals surface area (Å²) in [5.74, 6) is 2.81. The molecule has 0 bridgehead atoms. The van der Waals surface area contributed by atoms with Gasteiger partial charge in [0.25, 0.3) is 0 Å². The number of fused-ring (bicyclic) bond motifs is 1. The predicted octanol–water partition coefficient (Wildman–Crippen LogP) is 1.93. The van der Waals surface area contributed by atoms with E-state index in [4.69, 9.17) is 14.2 Å². The summed E-state index contributed by atoms with van der Waals surface area (Å²) < 4.78 is 15.9. The number of hydrogen-bond acceptors (Lipinski definition) is 4. The van der Waals surface area contributed by atoms with Crippen LogP contribution < -0.4 is 14.2 Å². The van der Waals surface area contributed by atoms with E-state index in [0.29, 0.717) is 17.2 Å². The van der Waals surface area contributed by atoms with Gasteiger partial charge in [0, 0.05) is 6.07 Å². The van der Waals surface area contributed by atoms with Gasteiger partial charge >= 0.3 is 0 Å². The van der Waals surface area contributed by atoms with Crippen LogP contribution in [0.1, 0.15) is 0 Å². The standard InChI is InChI=1S/C10H8N2O3/c1-2-9-10(14-6-13-9)3-7(1)15-8-4-11-12-5-8/h1-5H,6H2,(H,11,12). The third kappa shape index (κ3) is 1.48. The van der Waals surface area contributed by atoms with Crippen molar-refractivity contribution < 1.29 is 14.2 Å². The number of hydrogen-bond donors (Lipinski definition) is 1. The van der Waals surface area contributed by atoms with E-state index in [2.05, 4.69) is 10.2 Å².